The van der Waals surface area contributed by atoms with Crippen molar-refractivity contribution in [3.8, 4) is 11.8 Å². The standard InChI is InChI=1S/C14H17N3O2/c1-19-13-7-10(9-15)4-5-12(13)17-11-3-2-6-16-14(18)8-11/h4-5,7,11,17H,2-3,6,8H2,1H3,(H,16,18). The van der Waals surface area contributed by atoms with Crippen LogP contribution in [0.1, 0.15) is 24.8 Å². The second kappa shape index (κ2) is 6.10. The van der Waals surface area contributed by atoms with E-state index in [1.807, 2.05) is 6.07 Å². The monoisotopic (exact) mass is 259 g/mol. The number of benzene rings is 1. The molecule has 1 aliphatic heterocycles. The van der Waals surface area contributed by atoms with Crippen LogP contribution in [0.5, 0.6) is 5.75 Å². The van der Waals surface area contributed by atoms with Crippen molar-refractivity contribution in [2.75, 3.05) is 19.0 Å². The molecule has 0 saturated carbocycles. The van der Waals surface area contributed by atoms with Crippen LogP contribution in [0, 0.1) is 11.3 Å². The Labute approximate surface area is 112 Å². The Morgan fingerprint density at radius 1 is 1.53 bits per heavy atom. The SMILES string of the molecule is COc1cc(C#N)ccc1NC1CCCNC(=O)C1. The normalized spacial score (nSPS) is 18.9. The van der Waals surface area contributed by atoms with Gasteiger partial charge in [0.15, 0.2) is 0 Å². The molecule has 0 aromatic heterocycles. The van der Waals surface area contributed by atoms with Crippen molar-refractivity contribution >= 4 is 11.6 Å². The van der Waals surface area contributed by atoms with E-state index in [9.17, 15) is 4.79 Å². The van der Waals surface area contributed by atoms with E-state index in [1.165, 1.54) is 0 Å². The zero-order valence-electron chi connectivity index (χ0n) is 10.9. The average molecular weight is 259 g/mol. The molecule has 0 radical (unpaired) electrons. The molecule has 0 bridgehead atoms. The number of rotatable bonds is 3. The molecule has 2 rings (SSSR count). The Kier molecular flexibility index (Phi) is 4.24. The molecule has 1 amide bonds. The topological polar surface area (TPSA) is 74.2 Å². The molecule has 0 spiro atoms. The summed E-state index contributed by atoms with van der Waals surface area (Å²) in [5.41, 5.74) is 1.38. The third kappa shape index (κ3) is 3.38. The van der Waals surface area contributed by atoms with E-state index in [0.29, 0.717) is 17.7 Å². The number of anilines is 1. The van der Waals surface area contributed by atoms with E-state index in [4.69, 9.17) is 10.00 Å². The smallest absolute Gasteiger partial charge is 0.222 e. The van der Waals surface area contributed by atoms with Crippen LogP contribution in [0.3, 0.4) is 0 Å². The average Bonchev–Trinajstić information content (AvgIpc) is 2.63. The zero-order valence-corrected chi connectivity index (χ0v) is 10.9. The van der Waals surface area contributed by atoms with Gasteiger partial charge in [0.2, 0.25) is 5.91 Å². The van der Waals surface area contributed by atoms with E-state index < -0.39 is 0 Å². The van der Waals surface area contributed by atoms with E-state index in [1.54, 1.807) is 19.2 Å². The minimum absolute atomic E-state index is 0.0719. The van der Waals surface area contributed by atoms with Gasteiger partial charge in [0.1, 0.15) is 5.75 Å². The van der Waals surface area contributed by atoms with E-state index in [0.717, 1.165) is 25.1 Å². The minimum atomic E-state index is 0.0719. The molecule has 1 atom stereocenters. The van der Waals surface area contributed by atoms with Gasteiger partial charge in [0, 0.05) is 25.1 Å². The van der Waals surface area contributed by atoms with Gasteiger partial charge in [-0.1, -0.05) is 0 Å². The van der Waals surface area contributed by atoms with Gasteiger partial charge in [0.25, 0.3) is 0 Å². The molecule has 5 nitrogen and oxygen atoms in total. The van der Waals surface area contributed by atoms with Gasteiger partial charge in [-0.15, -0.1) is 0 Å². The third-order valence-corrected chi connectivity index (χ3v) is 3.17. The summed E-state index contributed by atoms with van der Waals surface area (Å²) in [5.74, 6) is 0.700. The summed E-state index contributed by atoms with van der Waals surface area (Å²) in [6.07, 6.45) is 2.35. The molecule has 1 heterocycles. The van der Waals surface area contributed by atoms with Crippen molar-refractivity contribution in [2.45, 2.75) is 25.3 Å². The molecule has 0 aliphatic carbocycles. The number of amides is 1. The molecule has 1 saturated heterocycles. The van der Waals surface area contributed by atoms with E-state index >= 15 is 0 Å². The number of methoxy groups -OCH3 is 1. The molecule has 1 aromatic carbocycles. The van der Waals surface area contributed by atoms with Crippen LogP contribution in [-0.4, -0.2) is 25.6 Å². The number of ether oxygens (including phenoxy) is 1. The second-order valence-corrected chi connectivity index (χ2v) is 4.56. The summed E-state index contributed by atoms with van der Waals surface area (Å²) < 4.78 is 5.27. The van der Waals surface area contributed by atoms with Gasteiger partial charge < -0.3 is 15.4 Å². The zero-order chi connectivity index (χ0) is 13.7. The number of carbonyl (C=O) groups is 1. The minimum Gasteiger partial charge on any atom is -0.495 e. The van der Waals surface area contributed by atoms with Crippen LogP contribution < -0.4 is 15.4 Å². The molecular formula is C14H17N3O2. The van der Waals surface area contributed by atoms with Crippen LogP contribution in [0.2, 0.25) is 0 Å². The van der Waals surface area contributed by atoms with Crippen molar-refractivity contribution in [3.05, 3.63) is 23.8 Å². The van der Waals surface area contributed by atoms with Gasteiger partial charge in [-0.05, 0) is 25.0 Å². The Morgan fingerprint density at radius 3 is 3.11 bits per heavy atom. The fourth-order valence-electron chi connectivity index (χ4n) is 2.20. The summed E-state index contributed by atoms with van der Waals surface area (Å²) in [7, 11) is 1.57. The van der Waals surface area contributed by atoms with Crippen molar-refractivity contribution < 1.29 is 9.53 Å². The number of hydrogen-bond donors (Lipinski definition) is 2. The first-order valence-electron chi connectivity index (χ1n) is 6.34. The Hall–Kier alpha value is -2.22. The molecule has 1 unspecified atom stereocenters. The first kappa shape index (κ1) is 13.2. The van der Waals surface area contributed by atoms with Crippen LogP contribution >= 0.6 is 0 Å². The van der Waals surface area contributed by atoms with Gasteiger partial charge in [-0.3, -0.25) is 4.79 Å². The summed E-state index contributed by atoms with van der Waals surface area (Å²) in [6, 6.07) is 7.43. The van der Waals surface area contributed by atoms with Gasteiger partial charge in [-0.25, -0.2) is 0 Å². The van der Waals surface area contributed by atoms with E-state index in [2.05, 4.69) is 16.7 Å². The fraction of sp³-hybridized carbons (Fsp3) is 0.429. The van der Waals surface area contributed by atoms with Crippen LogP contribution in [0.25, 0.3) is 0 Å². The van der Waals surface area contributed by atoms with Gasteiger partial charge >= 0.3 is 0 Å². The lowest BCUT2D eigenvalue weighted by Crippen LogP contribution is -2.26. The summed E-state index contributed by atoms with van der Waals surface area (Å²) >= 11 is 0. The maximum Gasteiger partial charge on any atom is 0.222 e. The summed E-state index contributed by atoms with van der Waals surface area (Å²) in [4.78, 5) is 11.5. The maximum atomic E-state index is 11.5. The fourth-order valence-corrected chi connectivity index (χ4v) is 2.20. The molecular weight excluding hydrogens is 242 g/mol. The molecule has 5 heteroatoms. The Bertz CT molecular complexity index is 508. The van der Waals surface area contributed by atoms with E-state index in [-0.39, 0.29) is 11.9 Å². The highest BCUT2D eigenvalue weighted by molar-refractivity contribution is 5.77. The second-order valence-electron chi connectivity index (χ2n) is 4.56. The first-order chi connectivity index (χ1) is 9.22. The van der Waals surface area contributed by atoms with Gasteiger partial charge in [0.05, 0.1) is 24.4 Å². The molecule has 1 fully saturated rings. The maximum absolute atomic E-state index is 11.5. The number of hydrogen-bond acceptors (Lipinski definition) is 4. The van der Waals surface area contributed by atoms with Crippen LogP contribution in [-0.2, 0) is 4.79 Å². The first-order valence-corrected chi connectivity index (χ1v) is 6.34. The van der Waals surface area contributed by atoms with Crippen molar-refractivity contribution in [3.63, 3.8) is 0 Å². The van der Waals surface area contributed by atoms with Crippen LogP contribution in [0.15, 0.2) is 18.2 Å². The largest absolute Gasteiger partial charge is 0.495 e. The van der Waals surface area contributed by atoms with Crippen molar-refractivity contribution in [2.24, 2.45) is 0 Å². The quantitative estimate of drug-likeness (QED) is 0.865. The number of carbonyl (C=O) groups excluding carboxylic acids is 1. The molecule has 100 valence electrons. The third-order valence-electron chi connectivity index (χ3n) is 3.17. The lowest BCUT2D eigenvalue weighted by Gasteiger charge is -2.18. The molecule has 1 aromatic rings. The summed E-state index contributed by atoms with van der Waals surface area (Å²) in [5, 5.41) is 15.0. The Balaban J connectivity index is 2.13. The molecule has 19 heavy (non-hydrogen) atoms. The molecule has 1 aliphatic rings. The molecule has 2 N–H and O–H groups in total. The van der Waals surface area contributed by atoms with Gasteiger partial charge in [-0.2, -0.15) is 5.26 Å². The summed E-state index contributed by atoms with van der Waals surface area (Å²) in [6.45, 7) is 0.738. The van der Waals surface area contributed by atoms with Crippen molar-refractivity contribution in [1.29, 1.82) is 5.26 Å². The van der Waals surface area contributed by atoms with Crippen molar-refractivity contribution in [1.82, 2.24) is 5.32 Å². The highest BCUT2D eigenvalue weighted by atomic mass is 16.5. The Morgan fingerprint density at radius 2 is 2.37 bits per heavy atom. The van der Waals surface area contributed by atoms with Crippen LogP contribution in [0.4, 0.5) is 5.69 Å². The number of nitrogens with one attached hydrogen (secondary N) is 2. The highest BCUT2D eigenvalue weighted by Gasteiger charge is 2.18. The predicted molar refractivity (Wildman–Crippen MR) is 72.0 cm³/mol. The predicted octanol–water partition coefficient (Wildman–Crippen LogP) is 1.65. The number of nitrogens with zero attached hydrogens (tertiary/aromatic N) is 1. The number of nitriles is 1. The highest BCUT2D eigenvalue weighted by Crippen LogP contribution is 2.27. The lowest BCUT2D eigenvalue weighted by atomic mass is 10.1. The lowest BCUT2D eigenvalue weighted by molar-refractivity contribution is -0.120.